The summed E-state index contributed by atoms with van der Waals surface area (Å²) in [4.78, 5) is 2.38. The lowest BCUT2D eigenvalue weighted by molar-refractivity contribution is 1.28. The fourth-order valence-electron chi connectivity index (χ4n) is 8.00. The molecule has 0 bridgehead atoms. The number of nitrogens with zero attached hydrogens (tertiary/aromatic N) is 1. The van der Waals surface area contributed by atoms with Gasteiger partial charge in [-0.2, -0.15) is 0 Å². The molecule has 0 atom stereocenters. The quantitative estimate of drug-likeness (QED) is 0.150. The molecular weight excluding hydrogens is 663 g/mol. The van der Waals surface area contributed by atoms with E-state index in [1.54, 1.807) is 0 Å². The highest BCUT2D eigenvalue weighted by Gasteiger charge is 2.18. The summed E-state index contributed by atoms with van der Waals surface area (Å²) in [6.45, 7) is 0. The molecule has 1 heteroatoms. The Kier molecular flexibility index (Phi) is 8.24. The molecule has 10 aromatic carbocycles. The number of rotatable bonds is 7. The molecule has 258 valence electrons. The van der Waals surface area contributed by atoms with Gasteiger partial charge in [-0.05, 0) is 125 Å². The average Bonchev–Trinajstić information content (AvgIpc) is 3.27. The predicted octanol–water partition coefficient (Wildman–Crippen LogP) is 15.3. The van der Waals surface area contributed by atoms with Crippen molar-refractivity contribution in [2.45, 2.75) is 0 Å². The lowest BCUT2D eigenvalue weighted by Gasteiger charge is -2.27. The SMILES string of the molecule is c1ccc(-c2ccc(N(c3ccc(-c4ccccc4)cc3)c3ccc(-c4ccc5ccccc5c4)c(-c4ccc5ccc6ccccc6c5c4)c3)cc2)cc1. The molecule has 0 fully saturated rings. The molecule has 0 amide bonds. The zero-order valence-corrected chi connectivity index (χ0v) is 30.3. The molecule has 0 saturated heterocycles. The lowest BCUT2D eigenvalue weighted by atomic mass is 9.90. The van der Waals surface area contributed by atoms with Crippen LogP contribution < -0.4 is 4.90 Å². The third-order valence-electron chi connectivity index (χ3n) is 10.8. The zero-order chi connectivity index (χ0) is 36.6. The number of anilines is 3. The molecule has 0 N–H and O–H groups in total. The van der Waals surface area contributed by atoms with Gasteiger partial charge in [-0.15, -0.1) is 0 Å². The Labute approximate surface area is 322 Å². The van der Waals surface area contributed by atoms with Crippen LogP contribution in [0.25, 0.3) is 76.8 Å². The van der Waals surface area contributed by atoms with Crippen molar-refractivity contribution in [1.29, 1.82) is 0 Å². The van der Waals surface area contributed by atoms with E-state index in [9.17, 15) is 0 Å². The van der Waals surface area contributed by atoms with E-state index >= 15 is 0 Å². The predicted molar refractivity (Wildman–Crippen MR) is 235 cm³/mol. The fourth-order valence-corrected chi connectivity index (χ4v) is 8.00. The van der Waals surface area contributed by atoms with E-state index in [0.29, 0.717) is 0 Å². The van der Waals surface area contributed by atoms with Crippen molar-refractivity contribution >= 4 is 49.4 Å². The van der Waals surface area contributed by atoms with Gasteiger partial charge in [-0.3, -0.25) is 0 Å². The minimum atomic E-state index is 1.09. The Hall–Kier alpha value is -7.22. The smallest absolute Gasteiger partial charge is 0.0468 e. The summed E-state index contributed by atoms with van der Waals surface area (Å²) in [5, 5.41) is 7.49. The highest BCUT2D eigenvalue weighted by atomic mass is 15.1. The maximum atomic E-state index is 2.38. The molecule has 0 heterocycles. The summed E-state index contributed by atoms with van der Waals surface area (Å²) < 4.78 is 0. The molecule has 0 aliphatic carbocycles. The molecule has 0 saturated carbocycles. The van der Waals surface area contributed by atoms with Crippen LogP contribution in [-0.4, -0.2) is 0 Å². The highest BCUT2D eigenvalue weighted by Crippen LogP contribution is 2.43. The maximum Gasteiger partial charge on any atom is 0.0468 e. The normalized spacial score (nSPS) is 11.3. The molecule has 0 radical (unpaired) electrons. The summed E-state index contributed by atoms with van der Waals surface area (Å²) in [6, 6.07) is 81.6. The molecule has 1 nitrogen and oxygen atoms in total. The molecule has 55 heavy (non-hydrogen) atoms. The first-order chi connectivity index (χ1) is 27.2. The number of fused-ring (bicyclic) bond motifs is 4. The van der Waals surface area contributed by atoms with Crippen LogP contribution in [0.2, 0.25) is 0 Å². The van der Waals surface area contributed by atoms with Crippen LogP contribution >= 0.6 is 0 Å². The first kappa shape index (κ1) is 32.4. The van der Waals surface area contributed by atoms with Crippen molar-refractivity contribution in [3.63, 3.8) is 0 Å². The fraction of sp³-hybridized carbons (Fsp3) is 0. The average molecular weight is 700 g/mol. The van der Waals surface area contributed by atoms with Gasteiger partial charge < -0.3 is 4.90 Å². The van der Waals surface area contributed by atoms with Gasteiger partial charge in [0.05, 0.1) is 0 Å². The Morgan fingerprint density at radius 2 is 0.655 bits per heavy atom. The third-order valence-corrected chi connectivity index (χ3v) is 10.8. The Morgan fingerprint density at radius 1 is 0.218 bits per heavy atom. The van der Waals surface area contributed by atoms with Crippen LogP contribution in [0.5, 0.6) is 0 Å². The summed E-state index contributed by atoms with van der Waals surface area (Å²) >= 11 is 0. The number of benzene rings is 10. The van der Waals surface area contributed by atoms with E-state index in [1.807, 2.05) is 0 Å². The minimum absolute atomic E-state index is 1.09. The summed E-state index contributed by atoms with van der Waals surface area (Å²) in [7, 11) is 0. The second kappa shape index (κ2) is 14.0. The minimum Gasteiger partial charge on any atom is -0.310 e. The second-order valence-corrected chi connectivity index (χ2v) is 14.2. The van der Waals surface area contributed by atoms with Gasteiger partial charge in [0.2, 0.25) is 0 Å². The van der Waals surface area contributed by atoms with Gasteiger partial charge in [-0.25, -0.2) is 0 Å². The number of hydrogen-bond donors (Lipinski definition) is 0. The second-order valence-electron chi connectivity index (χ2n) is 14.2. The molecule has 0 aliphatic heterocycles. The third kappa shape index (κ3) is 6.22. The van der Waals surface area contributed by atoms with Crippen LogP contribution in [0, 0.1) is 0 Å². The van der Waals surface area contributed by atoms with E-state index in [0.717, 1.165) is 17.1 Å². The van der Waals surface area contributed by atoms with Crippen molar-refractivity contribution < 1.29 is 0 Å². The first-order valence-electron chi connectivity index (χ1n) is 18.9. The van der Waals surface area contributed by atoms with Gasteiger partial charge >= 0.3 is 0 Å². The van der Waals surface area contributed by atoms with Gasteiger partial charge in [-0.1, -0.05) is 176 Å². The van der Waals surface area contributed by atoms with E-state index in [-0.39, 0.29) is 0 Å². The van der Waals surface area contributed by atoms with E-state index in [1.165, 1.54) is 76.8 Å². The molecule has 0 spiro atoms. The van der Waals surface area contributed by atoms with Gasteiger partial charge in [0.1, 0.15) is 0 Å². The summed E-state index contributed by atoms with van der Waals surface area (Å²) in [5.41, 5.74) is 12.9. The van der Waals surface area contributed by atoms with Crippen molar-refractivity contribution in [2.24, 2.45) is 0 Å². The molecule has 0 aliphatic rings. The lowest BCUT2D eigenvalue weighted by Crippen LogP contribution is -2.10. The van der Waals surface area contributed by atoms with Crippen LogP contribution in [0.1, 0.15) is 0 Å². The highest BCUT2D eigenvalue weighted by molar-refractivity contribution is 6.09. The van der Waals surface area contributed by atoms with Gasteiger partial charge in [0.25, 0.3) is 0 Å². The van der Waals surface area contributed by atoms with Crippen molar-refractivity contribution in [3.8, 4) is 44.5 Å². The molecule has 0 unspecified atom stereocenters. The maximum absolute atomic E-state index is 2.38. The molecule has 10 rings (SSSR count). The van der Waals surface area contributed by atoms with Crippen LogP contribution in [-0.2, 0) is 0 Å². The van der Waals surface area contributed by atoms with Gasteiger partial charge in [0, 0.05) is 17.1 Å². The zero-order valence-electron chi connectivity index (χ0n) is 30.3. The first-order valence-corrected chi connectivity index (χ1v) is 18.9. The van der Waals surface area contributed by atoms with Crippen molar-refractivity contribution in [3.05, 3.63) is 224 Å². The number of hydrogen-bond acceptors (Lipinski definition) is 1. The van der Waals surface area contributed by atoms with Gasteiger partial charge in [0.15, 0.2) is 0 Å². The van der Waals surface area contributed by atoms with E-state index in [2.05, 4.69) is 229 Å². The van der Waals surface area contributed by atoms with Crippen molar-refractivity contribution in [2.75, 3.05) is 4.90 Å². The summed E-state index contributed by atoms with van der Waals surface area (Å²) in [5.74, 6) is 0. The Bertz CT molecular complexity index is 2860. The molecule has 10 aromatic rings. The standard InChI is InChI=1S/C54H37N/c1-3-11-38(12-4-1)41-25-29-48(30-26-41)55(49-31-27-42(28-32-49)39-13-5-2-6-14-39)50-33-34-52(46-23-19-40-15-7-8-17-45(40)35-46)54(37-50)47-24-22-44-21-20-43-16-9-10-18-51(43)53(44)36-47/h1-37H. The van der Waals surface area contributed by atoms with Crippen LogP contribution in [0.4, 0.5) is 17.1 Å². The Balaban J connectivity index is 1.17. The largest absolute Gasteiger partial charge is 0.310 e. The topological polar surface area (TPSA) is 3.24 Å². The summed E-state index contributed by atoms with van der Waals surface area (Å²) in [6.07, 6.45) is 0. The molecule has 0 aromatic heterocycles. The van der Waals surface area contributed by atoms with Crippen LogP contribution in [0.3, 0.4) is 0 Å². The van der Waals surface area contributed by atoms with E-state index in [4.69, 9.17) is 0 Å². The van der Waals surface area contributed by atoms with Crippen molar-refractivity contribution in [1.82, 2.24) is 0 Å². The molecular formula is C54H37N. The van der Waals surface area contributed by atoms with Crippen LogP contribution in [0.15, 0.2) is 224 Å². The van der Waals surface area contributed by atoms with E-state index < -0.39 is 0 Å². The Morgan fingerprint density at radius 3 is 1.29 bits per heavy atom. The monoisotopic (exact) mass is 699 g/mol.